The smallest absolute Gasteiger partial charge is 0.875 e. The van der Waals surface area contributed by atoms with Crippen molar-refractivity contribution < 1.29 is 48.3 Å². The van der Waals surface area contributed by atoms with Gasteiger partial charge in [0.2, 0.25) is 0 Å². The summed E-state index contributed by atoms with van der Waals surface area (Å²) in [7, 11) is 4.61. The quantitative estimate of drug-likeness (QED) is 0.162. The molecular formula is C14H18MgO10. The minimum atomic E-state index is -0.774. The molecule has 25 heavy (non-hydrogen) atoms. The number of rotatable bonds is 6. The molecule has 0 aromatic carbocycles. The molecule has 0 aromatic heterocycles. The molecule has 0 heterocycles. The van der Waals surface area contributed by atoms with Crippen LogP contribution in [-0.2, 0) is 38.1 Å². The summed E-state index contributed by atoms with van der Waals surface area (Å²) in [5.41, 5.74) is 0. The number of hydrogen-bond donors (Lipinski definition) is 0. The topological polar surface area (TPSA) is 151 Å². The van der Waals surface area contributed by atoms with Crippen LogP contribution >= 0.6 is 0 Å². The Balaban J connectivity index is -0.000000372. The third-order valence-electron chi connectivity index (χ3n) is 2.05. The maximum atomic E-state index is 10.7. The molecular weight excluding hydrogens is 352 g/mol. The molecule has 0 aliphatic rings. The first-order chi connectivity index (χ1) is 11.2. The first-order valence-corrected chi connectivity index (χ1v) is 6.24. The number of carbonyl (C=O) groups excluding carboxylic acids is 4. The molecule has 0 fully saturated rings. The summed E-state index contributed by atoms with van der Waals surface area (Å²) in [6.07, 6.45) is 0.533. The molecule has 0 N–H and O–H groups in total. The van der Waals surface area contributed by atoms with E-state index in [2.05, 4.69) is 18.9 Å². The van der Waals surface area contributed by atoms with E-state index in [0.717, 1.165) is 28.4 Å². The predicted molar refractivity (Wildman–Crippen MR) is 79.2 cm³/mol. The Morgan fingerprint density at radius 2 is 0.960 bits per heavy atom. The second kappa shape index (κ2) is 16.6. The summed E-state index contributed by atoms with van der Waals surface area (Å²) in [4.78, 5) is 41.8. The Hall–Kier alpha value is -2.27. The van der Waals surface area contributed by atoms with Gasteiger partial charge in [-0.25, -0.2) is 9.59 Å². The zero-order valence-electron chi connectivity index (χ0n) is 14.4. The Morgan fingerprint density at radius 3 is 1.16 bits per heavy atom. The molecule has 0 aromatic rings. The number of esters is 4. The monoisotopic (exact) mass is 370 g/mol. The van der Waals surface area contributed by atoms with E-state index < -0.39 is 48.2 Å². The van der Waals surface area contributed by atoms with Gasteiger partial charge in [0.15, 0.2) is 0 Å². The van der Waals surface area contributed by atoms with Crippen molar-refractivity contribution in [2.24, 2.45) is 0 Å². The molecule has 0 aliphatic heterocycles. The molecule has 10 nitrogen and oxygen atoms in total. The van der Waals surface area contributed by atoms with Gasteiger partial charge in [-0.3, -0.25) is 9.59 Å². The minimum Gasteiger partial charge on any atom is -0.875 e. The van der Waals surface area contributed by atoms with Crippen LogP contribution in [0.25, 0.3) is 0 Å². The van der Waals surface area contributed by atoms with E-state index in [1.165, 1.54) is 0 Å². The van der Waals surface area contributed by atoms with Crippen molar-refractivity contribution in [3.63, 3.8) is 0 Å². The summed E-state index contributed by atoms with van der Waals surface area (Å²) in [6, 6.07) is 0. The molecule has 0 spiro atoms. The standard InChI is InChI=1S/2C7H10O5.Mg/c2*1-11-6(9)3-5(8)4-7(10)12-2;/h2*3,8H,4H2,1-2H3;/q;;+2/p-2. The van der Waals surface area contributed by atoms with Crippen LogP contribution in [0.15, 0.2) is 23.7 Å². The molecule has 0 rings (SSSR count). The van der Waals surface area contributed by atoms with Gasteiger partial charge in [0.25, 0.3) is 0 Å². The number of methoxy groups -OCH3 is 4. The maximum Gasteiger partial charge on any atom is 2.00 e. The van der Waals surface area contributed by atoms with Gasteiger partial charge in [0.1, 0.15) is 0 Å². The molecule has 0 bridgehead atoms. The number of carbonyl (C=O) groups is 4. The van der Waals surface area contributed by atoms with Crippen LogP contribution < -0.4 is 10.2 Å². The van der Waals surface area contributed by atoms with E-state index in [-0.39, 0.29) is 23.1 Å². The molecule has 11 heteroatoms. The summed E-state index contributed by atoms with van der Waals surface area (Å²) in [6.45, 7) is 0. The van der Waals surface area contributed by atoms with E-state index in [0.29, 0.717) is 12.2 Å². The van der Waals surface area contributed by atoms with Crippen LogP contribution in [0.3, 0.4) is 0 Å². The molecule has 136 valence electrons. The second-order valence-electron chi connectivity index (χ2n) is 3.77. The summed E-state index contributed by atoms with van der Waals surface area (Å²) in [5, 5.41) is 21.4. The largest absolute Gasteiger partial charge is 2.00 e. The first kappa shape index (κ1) is 27.6. The third kappa shape index (κ3) is 17.9. The van der Waals surface area contributed by atoms with Gasteiger partial charge in [-0.1, -0.05) is 0 Å². The predicted octanol–water partition coefficient (Wildman–Crippen LogP) is -2.45. The van der Waals surface area contributed by atoms with Crippen molar-refractivity contribution in [3.8, 4) is 0 Å². The molecule has 0 radical (unpaired) electrons. The molecule has 0 saturated heterocycles. The van der Waals surface area contributed by atoms with Crippen molar-refractivity contribution in [3.05, 3.63) is 23.7 Å². The van der Waals surface area contributed by atoms with Gasteiger partial charge in [0, 0.05) is 12.2 Å². The van der Waals surface area contributed by atoms with Gasteiger partial charge in [-0.2, -0.15) is 0 Å². The minimum absolute atomic E-state index is 0. The average Bonchev–Trinajstić information content (AvgIpc) is 2.54. The van der Waals surface area contributed by atoms with E-state index in [1.807, 2.05) is 0 Å². The molecule has 0 unspecified atom stereocenters. The van der Waals surface area contributed by atoms with Gasteiger partial charge in [-0.05, 0) is 0 Å². The normalized spacial score (nSPS) is 10.2. The zero-order valence-corrected chi connectivity index (χ0v) is 15.8. The number of hydrogen-bond acceptors (Lipinski definition) is 10. The van der Waals surface area contributed by atoms with E-state index in [1.54, 1.807) is 0 Å². The van der Waals surface area contributed by atoms with E-state index >= 15 is 0 Å². The first-order valence-electron chi connectivity index (χ1n) is 6.24. The third-order valence-corrected chi connectivity index (χ3v) is 2.05. The van der Waals surface area contributed by atoms with Crippen molar-refractivity contribution in [2.45, 2.75) is 12.8 Å². The Kier molecular flexibility index (Phi) is 18.3. The summed E-state index contributed by atoms with van der Waals surface area (Å²) < 4.78 is 16.7. The van der Waals surface area contributed by atoms with Gasteiger partial charge < -0.3 is 29.2 Å². The van der Waals surface area contributed by atoms with Gasteiger partial charge in [-0.15, -0.1) is 11.5 Å². The fourth-order valence-corrected chi connectivity index (χ4v) is 0.912. The molecule has 0 saturated carbocycles. The van der Waals surface area contributed by atoms with Crippen LogP contribution in [0.1, 0.15) is 12.8 Å². The second-order valence-corrected chi connectivity index (χ2v) is 3.77. The zero-order chi connectivity index (χ0) is 19.1. The molecule has 0 amide bonds. The van der Waals surface area contributed by atoms with Crippen molar-refractivity contribution in [2.75, 3.05) is 28.4 Å². The fraction of sp³-hybridized carbons (Fsp3) is 0.429. The molecule has 0 aliphatic carbocycles. The van der Waals surface area contributed by atoms with Crippen LogP contribution in [0.4, 0.5) is 0 Å². The van der Waals surface area contributed by atoms with Gasteiger partial charge >= 0.3 is 46.9 Å². The molecule has 0 atom stereocenters. The number of ether oxygens (including phenoxy) is 4. The van der Waals surface area contributed by atoms with Crippen molar-refractivity contribution in [1.82, 2.24) is 0 Å². The fourth-order valence-electron chi connectivity index (χ4n) is 0.912. The van der Waals surface area contributed by atoms with E-state index in [4.69, 9.17) is 0 Å². The van der Waals surface area contributed by atoms with Crippen LogP contribution in [-0.4, -0.2) is 75.4 Å². The SMILES string of the molecule is COC(=O)C=C([O-])CC(=O)OC.COC(=O)C=C([O-])CC(=O)OC.[Mg+2]. The van der Waals surface area contributed by atoms with Crippen LogP contribution in [0, 0.1) is 0 Å². The Morgan fingerprint density at radius 1 is 0.680 bits per heavy atom. The van der Waals surface area contributed by atoms with Gasteiger partial charge in [0.05, 0.1) is 41.3 Å². The van der Waals surface area contributed by atoms with Crippen LogP contribution in [0.2, 0.25) is 0 Å². The summed E-state index contributed by atoms with van der Waals surface area (Å²) in [5.74, 6) is -4.17. The Labute approximate surface area is 160 Å². The summed E-state index contributed by atoms with van der Waals surface area (Å²) >= 11 is 0. The van der Waals surface area contributed by atoms with Crippen LogP contribution in [0.5, 0.6) is 0 Å². The average molecular weight is 371 g/mol. The Bertz CT molecular complexity index is 464. The maximum absolute atomic E-state index is 10.7. The van der Waals surface area contributed by atoms with E-state index in [9.17, 15) is 29.4 Å². The van der Waals surface area contributed by atoms with Crippen molar-refractivity contribution >= 4 is 46.9 Å². The van der Waals surface area contributed by atoms with Crippen molar-refractivity contribution in [1.29, 1.82) is 0 Å².